The van der Waals surface area contributed by atoms with Crippen molar-refractivity contribution in [3.05, 3.63) is 101 Å². The molecule has 4 N–H and O–H groups in total. The Hall–Kier alpha value is -7.53. The van der Waals surface area contributed by atoms with Gasteiger partial charge in [-0.2, -0.15) is 9.97 Å². The molecule has 0 spiro atoms. The van der Waals surface area contributed by atoms with E-state index in [9.17, 15) is 24.6 Å². The van der Waals surface area contributed by atoms with Gasteiger partial charge in [0, 0.05) is 94.2 Å². The van der Waals surface area contributed by atoms with Crippen LogP contribution in [0.2, 0.25) is 0 Å². The molecule has 3 aromatic carbocycles. The minimum atomic E-state index is -0.866. The number of carbonyl (C=O) groups excluding carboxylic acids is 3. The fourth-order valence-corrected chi connectivity index (χ4v) is 14.0. The molecule has 0 aliphatic carbocycles. The maximum atomic E-state index is 17.2. The molecule has 2 bridgehead atoms. The highest BCUT2D eigenvalue weighted by Gasteiger charge is 2.44. The van der Waals surface area contributed by atoms with Crippen LogP contribution in [0.15, 0.2) is 76.9 Å². The fraction of sp³-hybridized carbons (Fsp3) is 0.484. The summed E-state index contributed by atoms with van der Waals surface area (Å²) in [5.41, 5.74) is 6.45. The van der Waals surface area contributed by atoms with Gasteiger partial charge in [0.15, 0.2) is 17.4 Å². The zero-order valence-corrected chi connectivity index (χ0v) is 49.1. The number of anilines is 2. The summed E-state index contributed by atoms with van der Waals surface area (Å²) in [6.45, 7) is 13.3. The van der Waals surface area contributed by atoms with Gasteiger partial charge in [0.05, 0.1) is 33.6 Å². The highest BCUT2D eigenvalue weighted by Crippen LogP contribution is 2.40. The van der Waals surface area contributed by atoms with Gasteiger partial charge in [-0.1, -0.05) is 68.4 Å². The average molecular weight is 1170 g/mol. The number of piperazine rings is 2. The quantitative estimate of drug-likeness (QED) is 0.0719. The van der Waals surface area contributed by atoms with Gasteiger partial charge in [-0.25, -0.2) is 14.2 Å². The Kier molecular flexibility index (Phi) is 16.2. The predicted molar refractivity (Wildman–Crippen MR) is 318 cm³/mol. The second kappa shape index (κ2) is 23.9. The molecule has 4 aromatic heterocycles. The van der Waals surface area contributed by atoms with E-state index in [-0.39, 0.29) is 85.0 Å². The van der Waals surface area contributed by atoms with Crippen molar-refractivity contribution in [1.29, 1.82) is 0 Å². The van der Waals surface area contributed by atoms with Crippen molar-refractivity contribution >= 4 is 62.6 Å². The first-order chi connectivity index (χ1) is 40.6. The molecule has 8 atom stereocenters. The number of hydrogen-bond acceptors (Lipinski definition) is 18. The summed E-state index contributed by atoms with van der Waals surface area (Å²) in [6, 6.07) is 18.2. The first-order valence-electron chi connectivity index (χ1n) is 29.5. The zero-order valence-electron chi connectivity index (χ0n) is 48.3. The van der Waals surface area contributed by atoms with Crippen molar-refractivity contribution < 1.29 is 43.0 Å². The molecule has 20 nitrogen and oxygen atoms in total. The number of pyridine rings is 1. The number of hydrogen-bond donors (Lipinski definition) is 4. The third-order valence-electron chi connectivity index (χ3n) is 17.9. The monoisotopic (exact) mass is 1160 g/mol. The highest BCUT2D eigenvalue weighted by atomic mass is 32.1. The van der Waals surface area contributed by atoms with E-state index in [1.807, 2.05) is 94.5 Å². The lowest BCUT2D eigenvalue weighted by Gasteiger charge is -2.34. The summed E-state index contributed by atoms with van der Waals surface area (Å²) in [6.07, 6.45) is 4.86. The van der Waals surface area contributed by atoms with Crippen molar-refractivity contribution in [3.63, 3.8) is 0 Å². The maximum absolute atomic E-state index is 17.2. The van der Waals surface area contributed by atoms with Gasteiger partial charge in [0.2, 0.25) is 11.8 Å². The van der Waals surface area contributed by atoms with Crippen molar-refractivity contribution in [2.24, 2.45) is 5.92 Å². The fourth-order valence-electron chi connectivity index (χ4n) is 13.2. The number of aromatic nitrogens is 5. The molecule has 7 aromatic rings. The number of likely N-dealkylation sites (N-methyl/N-ethyl adjacent to an activating group) is 1. The second-order valence-electron chi connectivity index (χ2n) is 23.7. The van der Waals surface area contributed by atoms with Crippen LogP contribution in [-0.4, -0.2) is 170 Å². The molecular weight excluding hydrogens is 1090 g/mol. The zero-order chi connectivity index (χ0) is 58.5. The van der Waals surface area contributed by atoms with Crippen molar-refractivity contribution in [3.8, 4) is 33.5 Å². The van der Waals surface area contributed by atoms with Gasteiger partial charge in [-0.3, -0.25) is 19.5 Å². The summed E-state index contributed by atoms with van der Waals surface area (Å²) in [5.74, 6) is -0.745. The molecule has 22 heteroatoms. The van der Waals surface area contributed by atoms with Crippen LogP contribution in [0.25, 0.3) is 43.4 Å². The molecule has 0 saturated carbocycles. The molecule has 12 rings (SSSR count). The molecule has 84 heavy (non-hydrogen) atoms. The number of carbonyl (C=O) groups is 3. The average Bonchev–Trinajstić information content (AvgIpc) is 1.50. The maximum Gasteiger partial charge on any atom is 0.409 e. The lowest BCUT2D eigenvalue weighted by Crippen LogP contribution is -2.51. The number of phenolic OH excluding ortho intramolecular Hbond substituents is 1. The second-order valence-corrected chi connectivity index (χ2v) is 24.5. The Labute approximate surface area is 491 Å². The lowest BCUT2D eigenvalue weighted by molar-refractivity contribution is -0.141. The van der Waals surface area contributed by atoms with Crippen LogP contribution in [0, 0.1) is 18.7 Å². The molecular formula is C62H73FN12O8S. The summed E-state index contributed by atoms with van der Waals surface area (Å²) in [4.78, 5) is 71.2. The summed E-state index contributed by atoms with van der Waals surface area (Å²) >= 11 is 1.58. The molecule has 5 aliphatic heterocycles. The van der Waals surface area contributed by atoms with Crippen molar-refractivity contribution in [2.45, 2.75) is 121 Å². The molecule has 9 heterocycles. The summed E-state index contributed by atoms with van der Waals surface area (Å²) in [5, 5.41) is 34.9. The van der Waals surface area contributed by atoms with Gasteiger partial charge in [-0.15, -0.1) is 11.3 Å². The Morgan fingerprint density at radius 3 is 2.38 bits per heavy atom. The van der Waals surface area contributed by atoms with Crippen LogP contribution in [-0.2, 0) is 20.7 Å². The number of fused-ring (bicyclic) bond motifs is 4. The number of nitrogens with zero attached hydrogens (tertiary/aromatic N) is 10. The normalized spacial score (nSPS) is 22.6. The Balaban J connectivity index is 0.651. The van der Waals surface area contributed by atoms with E-state index in [4.69, 9.17) is 28.9 Å². The van der Waals surface area contributed by atoms with Crippen LogP contribution in [0.4, 0.5) is 20.8 Å². The smallest absolute Gasteiger partial charge is 0.409 e. The third kappa shape index (κ3) is 11.3. The molecule has 5 aliphatic rings. The number of aliphatic hydroxyl groups excluding tert-OH is 1. The number of aromatic hydroxyl groups is 1. The van der Waals surface area contributed by atoms with Crippen LogP contribution in [0.5, 0.6) is 11.8 Å². The number of β-amino-alcohol motifs (C(OH)–C–C–N with tert-alkyl or cyclic N) is 1. The minimum Gasteiger partial charge on any atom is -0.508 e. The van der Waals surface area contributed by atoms with E-state index >= 15 is 4.39 Å². The van der Waals surface area contributed by atoms with Crippen LogP contribution >= 0.6 is 11.3 Å². The van der Waals surface area contributed by atoms with Crippen LogP contribution < -0.4 is 25.2 Å². The van der Waals surface area contributed by atoms with Crippen LogP contribution in [0.1, 0.15) is 94.3 Å². The summed E-state index contributed by atoms with van der Waals surface area (Å²) in [7, 11) is 1.99. The highest BCUT2D eigenvalue weighted by molar-refractivity contribution is 7.13. The number of phenols is 1. The number of rotatable bonds is 16. The van der Waals surface area contributed by atoms with Gasteiger partial charge in [0.25, 0.3) is 0 Å². The van der Waals surface area contributed by atoms with E-state index in [1.165, 1.54) is 4.90 Å². The molecule has 442 valence electrons. The lowest BCUT2D eigenvalue weighted by atomic mass is 9.91. The number of amides is 3. The standard InChI is InChI=1S/C62H73FN12O8S/c1-7-37-9-8-10-40-23-45(76)24-47(53(37)40)55-54(63)56-48(27-64-55)58(74-28-41-15-16-42(29-74)67-41)69-61(68-56)81-31-43-17-18-44(71(43)6)32-82-62(80)73-21-19-72(20-22-73)51-26-50(83-70-51)52(34(2)3)60(79)75-30-46(77)25-49(75)59(78)66-35(4)38-11-13-39(14-12-38)57-36(5)65-33-84-57/h8-14,23-24,26-27,33-35,41-44,46,49,52,67,76-77H,7,15-22,25,28-32H2,1-6H3,(H,66,78)/t35-,41?,42?,43-,44-,46+,49-,52-/m0/s1. The minimum absolute atomic E-state index is 0.0168. The first-order valence-corrected chi connectivity index (χ1v) is 30.4. The molecule has 2 unspecified atom stereocenters. The SMILES string of the molecule is CCc1cccc2cc(O)cc(-c3ncc4c(N5CC6CCC(C5)N6)nc(OC[C@@H]5CC[C@@H](COC(=O)N6CCN(c7cc([C@@H](C(=O)N8C[C@H](O)C[C@H]8C(=O)N[C@@H](C)c8ccc(-c9scnc9C)cc8)C(C)C)on7)CC6)N5C)nc4c3F)c12. The van der Waals surface area contributed by atoms with Crippen LogP contribution in [0.3, 0.4) is 0 Å². The van der Waals surface area contributed by atoms with E-state index in [0.717, 1.165) is 63.7 Å². The number of nitrogens with one attached hydrogen (secondary N) is 2. The Bertz CT molecular complexity index is 3560. The molecule has 5 saturated heterocycles. The topological polar surface area (TPSA) is 228 Å². The number of halogens is 1. The van der Waals surface area contributed by atoms with E-state index in [2.05, 4.69) is 30.6 Å². The van der Waals surface area contributed by atoms with Crippen molar-refractivity contribution in [1.82, 2.24) is 50.4 Å². The van der Waals surface area contributed by atoms with Crippen molar-refractivity contribution in [2.75, 3.05) is 75.9 Å². The number of ether oxygens (including phenoxy) is 2. The van der Waals surface area contributed by atoms with Gasteiger partial charge < -0.3 is 54.4 Å². The third-order valence-corrected chi connectivity index (χ3v) is 18.9. The summed E-state index contributed by atoms with van der Waals surface area (Å²) < 4.78 is 35.5. The molecule has 5 fully saturated rings. The van der Waals surface area contributed by atoms with Gasteiger partial charge in [0.1, 0.15) is 48.0 Å². The van der Waals surface area contributed by atoms with Gasteiger partial charge >= 0.3 is 12.1 Å². The number of likely N-dealkylation sites (tertiary alicyclic amines) is 2. The number of aliphatic hydroxyl groups is 1. The van der Waals surface area contributed by atoms with E-state index in [0.29, 0.717) is 86.1 Å². The molecule has 3 amide bonds. The number of aryl methyl sites for hydroxylation is 2. The predicted octanol–water partition coefficient (Wildman–Crippen LogP) is 7.99. The van der Waals surface area contributed by atoms with E-state index in [1.54, 1.807) is 40.6 Å². The number of benzene rings is 3. The Morgan fingerprint density at radius 2 is 1.67 bits per heavy atom. The molecule has 0 radical (unpaired) electrons. The first kappa shape index (κ1) is 56.9. The van der Waals surface area contributed by atoms with E-state index < -0.39 is 30.0 Å². The Morgan fingerprint density at radius 1 is 0.917 bits per heavy atom. The van der Waals surface area contributed by atoms with Gasteiger partial charge in [-0.05, 0) is 98.5 Å². The number of thiazole rings is 1. The largest absolute Gasteiger partial charge is 0.508 e.